The normalized spacial score (nSPS) is 45.1. The number of ether oxygens (including phenoxy) is 3. The first kappa shape index (κ1) is 7.97. The minimum absolute atomic E-state index is 0.0468. The van der Waals surface area contributed by atoms with Gasteiger partial charge in [-0.15, -0.1) is 0 Å². The third-order valence-electron chi connectivity index (χ3n) is 2.20. The van der Waals surface area contributed by atoms with E-state index in [0.29, 0.717) is 6.61 Å². The number of rotatable bonds is 2. The van der Waals surface area contributed by atoms with Crippen LogP contribution < -0.4 is 0 Å². The van der Waals surface area contributed by atoms with Crippen LogP contribution >= 0.6 is 0 Å². The number of methoxy groups -OCH3 is 1. The molecule has 5 nitrogen and oxygen atoms in total. The van der Waals surface area contributed by atoms with Gasteiger partial charge in [0.25, 0.3) is 0 Å². The summed E-state index contributed by atoms with van der Waals surface area (Å²) in [6.07, 6.45) is -1.37. The highest BCUT2D eigenvalue weighted by Gasteiger charge is 2.55. The van der Waals surface area contributed by atoms with E-state index >= 15 is 0 Å². The largest absolute Gasteiger partial charge is 0.479 e. The van der Waals surface area contributed by atoms with E-state index in [9.17, 15) is 4.79 Å². The van der Waals surface area contributed by atoms with Crippen LogP contribution in [-0.2, 0) is 19.0 Å². The lowest BCUT2D eigenvalue weighted by Crippen LogP contribution is -2.46. The maximum Gasteiger partial charge on any atom is 0.335 e. The van der Waals surface area contributed by atoms with Gasteiger partial charge in [-0.05, 0) is 0 Å². The number of hydrogen-bond acceptors (Lipinski definition) is 4. The Balaban J connectivity index is 2.06. The van der Waals surface area contributed by atoms with Gasteiger partial charge in [-0.1, -0.05) is 0 Å². The zero-order valence-corrected chi connectivity index (χ0v) is 6.60. The number of hydrogen-bond donors (Lipinski definition) is 1. The second-order valence-corrected chi connectivity index (χ2v) is 2.93. The summed E-state index contributed by atoms with van der Waals surface area (Å²) in [6, 6.07) is 0. The molecule has 0 amide bonds. The average Bonchev–Trinajstić information content (AvgIpc) is 2.79. The first-order valence-corrected chi connectivity index (χ1v) is 3.76. The molecule has 2 saturated heterocycles. The van der Waals surface area contributed by atoms with Gasteiger partial charge in [-0.2, -0.15) is 0 Å². The molecule has 2 heterocycles. The summed E-state index contributed by atoms with van der Waals surface area (Å²) in [5.74, 6) is -0.990. The minimum atomic E-state index is -0.990. The molecule has 0 radical (unpaired) electrons. The van der Waals surface area contributed by atoms with E-state index < -0.39 is 18.2 Å². The van der Waals surface area contributed by atoms with Crippen molar-refractivity contribution in [3.05, 3.63) is 0 Å². The second-order valence-electron chi connectivity index (χ2n) is 2.93. The Bertz CT molecular complexity index is 204. The first-order chi connectivity index (χ1) is 5.74. The van der Waals surface area contributed by atoms with E-state index in [0.717, 1.165) is 0 Å². The predicted molar refractivity (Wildman–Crippen MR) is 36.8 cm³/mol. The summed E-state index contributed by atoms with van der Waals surface area (Å²) in [7, 11) is 1.47. The Kier molecular flexibility index (Phi) is 1.79. The average molecular weight is 174 g/mol. The molecular formula is C7H10O5. The Hall–Kier alpha value is -0.650. The van der Waals surface area contributed by atoms with E-state index in [1.54, 1.807) is 0 Å². The molecule has 0 aromatic rings. The maximum atomic E-state index is 10.6. The summed E-state index contributed by atoms with van der Waals surface area (Å²) < 4.78 is 15.2. The standard InChI is InChI=1S/C7H10O5/c1-10-5-4-3(12-4)2-11-6(5)7(8)9/h3-6H,2H2,1H3,(H,8,9)/t3?,4-,5-,6?/m0/s1. The Morgan fingerprint density at radius 3 is 3.00 bits per heavy atom. The highest BCUT2D eigenvalue weighted by Crippen LogP contribution is 2.34. The molecule has 2 aliphatic heterocycles. The molecule has 0 bridgehead atoms. The van der Waals surface area contributed by atoms with Crippen LogP contribution in [0.4, 0.5) is 0 Å². The number of carboxylic acids is 1. The van der Waals surface area contributed by atoms with Crippen molar-refractivity contribution < 1.29 is 24.1 Å². The molecule has 2 unspecified atom stereocenters. The topological polar surface area (TPSA) is 68.3 Å². The van der Waals surface area contributed by atoms with Crippen LogP contribution in [-0.4, -0.2) is 49.2 Å². The number of epoxide rings is 1. The van der Waals surface area contributed by atoms with E-state index in [1.165, 1.54) is 7.11 Å². The molecule has 4 atom stereocenters. The fraction of sp³-hybridized carbons (Fsp3) is 0.857. The molecule has 5 heteroatoms. The van der Waals surface area contributed by atoms with Gasteiger partial charge in [0.2, 0.25) is 0 Å². The van der Waals surface area contributed by atoms with Crippen molar-refractivity contribution in [1.29, 1.82) is 0 Å². The van der Waals surface area contributed by atoms with Gasteiger partial charge in [0.05, 0.1) is 6.61 Å². The van der Waals surface area contributed by atoms with Crippen molar-refractivity contribution in [1.82, 2.24) is 0 Å². The Morgan fingerprint density at radius 1 is 1.67 bits per heavy atom. The smallest absolute Gasteiger partial charge is 0.335 e. The van der Waals surface area contributed by atoms with Crippen LogP contribution in [0.3, 0.4) is 0 Å². The molecule has 1 N–H and O–H groups in total. The fourth-order valence-electron chi connectivity index (χ4n) is 1.51. The van der Waals surface area contributed by atoms with Gasteiger partial charge in [-0.25, -0.2) is 4.79 Å². The Labute approximate surface area is 69.2 Å². The Morgan fingerprint density at radius 2 is 2.42 bits per heavy atom. The molecule has 0 aromatic carbocycles. The fourth-order valence-corrected chi connectivity index (χ4v) is 1.51. The molecule has 0 aromatic heterocycles. The van der Waals surface area contributed by atoms with E-state index in [1.807, 2.05) is 0 Å². The van der Waals surface area contributed by atoms with Gasteiger partial charge in [0.15, 0.2) is 6.10 Å². The zero-order valence-electron chi connectivity index (χ0n) is 6.60. The summed E-state index contributed by atoms with van der Waals surface area (Å²) in [6.45, 7) is 0.363. The van der Waals surface area contributed by atoms with E-state index in [2.05, 4.69) is 0 Å². The van der Waals surface area contributed by atoms with Gasteiger partial charge in [0, 0.05) is 7.11 Å². The molecular weight excluding hydrogens is 164 g/mol. The summed E-state index contributed by atoms with van der Waals surface area (Å²) in [5, 5.41) is 8.72. The van der Waals surface area contributed by atoms with Crippen molar-refractivity contribution in [2.24, 2.45) is 0 Å². The number of fused-ring (bicyclic) bond motifs is 1. The van der Waals surface area contributed by atoms with Crippen LogP contribution in [0, 0.1) is 0 Å². The highest BCUT2D eigenvalue weighted by molar-refractivity contribution is 5.73. The number of carbonyl (C=O) groups is 1. The molecule has 2 aliphatic rings. The second kappa shape index (κ2) is 2.69. The van der Waals surface area contributed by atoms with Crippen molar-refractivity contribution in [2.75, 3.05) is 13.7 Å². The van der Waals surface area contributed by atoms with Crippen molar-refractivity contribution in [2.45, 2.75) is 24.4 Å². The molecule has 0 saturated carbocycles. The third kappa shape index (κ3) is 1.10. The van der Waals surface area contributed by atoms with Crippen LogP contribution in [0.25, 0.3) is 0 Å². The van der Waals surface area contributed by atoms with Crippen LogP contribution in [0.1, 0.15) is 0 Å². The molecule has 2 fully saturated rings. The SMILES string of the molecule is CO[C@@H]1C(C(=O)O)OCC2O[C@@H]21. The summed E-state index contributed by atoms with van der Waals surface area (Å²) in [4.78, 5) is 10.6. The van der Waals surface area contributed by atoms with E-state index in [-0.39, 0.29) is 12.2 Å². The summed E-state index contributed by atoms with van der Waals surface area (Å²) in [5.41, 5.74) is 0. The lowest BCUT2D eigenvalue weighted by Gasteiger charge is -2.24. The van der Waals surface area contributed by atoms with Crippen molar-refractivity contribution >= 4 is 5.97 Å². The monoisotopic (exact) mass is 174 g/mol. The lowest BCUT2D eigenvalue weighted by atomic mass is 10.1. The molecule has 2 rings (SSSR count). The predicted octanol–water partition coefficient (Wildman–Crippen LogP) is -0.748. The van der Waals surface area contributed by atoms with Crippen molar-refractivity contribution in [3.63, 3.8) is 0 Å². The maximum absolute atomic E-state index is 10.6. The van der Waals surface area contributed by atoms with Gasteiger partial charge in [0.1, 0.15) is 18.3 Å². The van der Waals surface area contributed by atoms with Crippen LogP contribution in [0.2, 0.25) is 0 Å². The number of carboxylic acid groups (broad SMARTS) is 1. The van der Waals surface area contributed by atoms with Gasteiger partial charge >= 0.3 is 5.97 Å². The zero-order chi connectivity index (χ0) is 8.72. The molecule has 0 spiro atoms. The third-order valence-corrected chi connectivity index (χ3v) is 2.20. The molecule has 0 aliphatic carbocycles. The first-order valence-electron chi connectivity index (χ1n) is 3.76. The summed E-state index contributed by atoms with van der Waals surface area (Å²) >= 11 is 0. The number of aliphatic carboxylic acids is 1. The molecule has 12 heavy (non-hydrogen) atoms. The van der Waals surface area contributed by atoms with Crippen LogP contribution in [0.5, 0.6) is 0 Å². The van der Waals surface area contributed by atoms with E-state index in [4.69, 9.17) is 19.3 Å². The minimum Gasteiger partial charge on any atom is -0.479 e. The van der Waals surface area contributed by atoms with Crippen molar-refractivity contribution in [3.8, 4) is 0 Å². The lowest BCUT2D eigenvalue weighted by molar-refractivity contribution is -0.163. The quantitative estimate of drug-likeness (QED) is 0.558. The highest BCUT2D eigenvalue weighted by atomic mass is 16.7. The van der Waals surface area contributed by atoms with Gasteiger partial charge in [-0.3, -0.25) is 0 Å². The van der Waals surface area contributed by atoms with Gasteiger partial charge < -0.3 is 19.3 Å². The van der Waals surface area contributed by atoms with Crippen LogP contribution in [0.15, 0.2) is 0 Å². The molecule has 68 valence electrons.